The molecule has 1 aromatic rings. The number of nitrogens with zero attached hydrogens (tertiary/aromatic N) is 1. The molecular weight excluding hydrogens is 354 g/mol. The van der Waals surface area contributed by atoms with E-state index in [1.54, 1.807) is 0 Å². The van der Waals surface area contributed by atoms with Gasteiger partial charge in [-0.3, -0.25) is 4.99 Å². The molecular formula is C22H35N3O3. The third kappa shape index (κ3) is 5.10. The SMILES string of the molecule is CN=C(NCC1(c2ccc3c(c2)OCO3)CCOCC1)NC(C)CCC(C)C. The average Bonchev–Trinajstić information content (AvgIpc) is 3.18. The molecule has 1 aromatic carbocycles. The lowest BCUT2D eigenvalue weighted by atomic mass is 9.74. The highest BCUT2D eigenvalue weighted by atomic mass is 16.7. The van der Waals surface area contributed by atoms with Crippen LogP contribution >= 0.6 is 0 Å². The fourth-order valence-corrected chi connectivity index (χ4v) is 3.89. The van der Waals surface area contributed by atoms with Gasteiger partial charge in [-0.15, -0.1) is 0 Å². The first-order valence-electron chi connectivity index (χ1n) is 10.5. The zero-order valence-corrected chi connectivity index (χ0v) is 17.7. The first-order valence-corrected chi connectivity index (χ1v) is 10.5. The molecule has 2 N–H and O–H groups in total. The lowest BCUT2D eigenvalue weighted by molar-refractivity contribution is 0.0513. The molecule has 1 fully saturated rings. The summed E-state index contributed by atoms with van der Waals surface area (Å²) in [5.74, 6) is 3.25. The van der Waals surface area contributed by atoms with Gasteiger partial charge in [-0.1, -0.05) is 19.9 Å². The van der Waals surface area contributed by atoms with Crippen LogP contribution in [0.3, 0.4) is 0 Å². The lowest BCUT2D eigenvalue weighted by Gasteiger charge is -2.38. The molecule has 0 aromatic heterocycles. The van der Waals surface area contributed by atoms with Gasteiger partial charge in [0.05, 0.1) is 0 Å². The molecule has 2 heterocycles. The Morgan fingerprint density at radius 3 is 2.57 bits per heavy atom. The van der Waals surface area contributed by atoms with E-state index < -0.39 is 0 Å². The second-order valence-corrected chi connectivity index (χ2v) is 8.40. The molecule has 1 saturated heterocycles. The second kappa shape index (κ2) is 9.50. The van der Waals surface area contributed by atoms with Crippen molar-refractivity contribution in [1.82, 2.24) is 10.6 Å². The fourth-order valence-electron chi connectivity index (χ4n) is 3.89. The number of hydrogen-bond acceptors (Lipinski definition) is 4. The molecule has 0 bridgehead atoms. The van der Waals surface area contributed by atoms with E-state index in [2.05, 4.69) is 48.5 Å². The Morgan fingerprint density at radius 1 is 1.11 bits per heavy atom. The summed E-state index contributed by atoms with van der Waals surface area (Å²) in [6.07, 6.45) is 4.29. The van der Waals surface area contributed by atoms with E-state index in [4.69, 9.17) is 14.2 Å². The van der Waals surface area contributed by atoms with Crippen molar-refractivity contribution in [3.8, 4) is 11.5 Å². The Bertz CT molecular complexity index is 669. The fraction of sp³-hybridized carbons (Fsp3) is 0.682. The van der Waals surface area contributed by atoms with Crippen LogP contribution in [-0.4, -0.2) is 45.6 Å². The predicted molar refractivity (Wildman–Crippen MR) is 112 cm³/mol. The molecule has 1 atom stereocenters. The highest BCUT2D eigenvalue weighted by Crippen LogP contribution is 2.40. The van der Waals surface area contributed by atoms with Gasteiger partial charge in [-0.2, -0.15) is 0 Å². The minimum absolute atomic E-state index is 0.00196. The molecule has 2 aliphatic rings. The van der Waals surface area contributed by atoms with Crippen molar-refractivity contribution in [2.45, 2.75) is 57.9 Å². The van der Waals surface area contributed by atoms with Crippen molar-refractivity contribution in [2.24, 2.45) is 10.9 Å². The van der Waals surface area contributed by atoms with Gasteiger partial charge in [0.1, 0.15) is 0 Å². The first kappa shape index (κ1) is 20.8. The molecule has 2 aliphatic heterocycles. The third-order valence-electron chi connectivity index (χ3n) is 5.81. The molecule has 0 aliphatic carbocycles. The zero-order valence-electron chi connectivity index (χ0n) is 17.7. The van der Waals surface area contributed by atoms with E-state index in [9.17, 15) is 0 Å². The van der Waals surface area contributed by atoms with Crippen LogP contribution in [0, 0.1) is 5.92 Å². The number of guanidine groups is 1. The van der Waals surface area contributed by atoms with Gasteiger partial charge in [-0.25, -0.2) is 0 Å². The Hall–Kier alpha value is -1.95. The molecule has 3 rings (SSSR count). The zero-order chi connectivity index (χ0) is 20.0. The average molecular weight is 390 g/mol. The number of benzene rings is 1. The summed E-state index contributed by atoms with van der Waals surface area (Å²) in [7, 11) is 1.84. The standard InChI is InChI=1S/C22H35N3O3/c1-16(2)5-6-17(3)25-21(23-4)24-14-22(9-11-26-12-10-22)18-7-8-19-20(13-18)28-15-27-19/h7-8,13,16-17H,5-6,9-12,14-15H2,1-4H3,(H2,23,24,25). The van der Waals surface area contributed by atoms with E-state index in [0.29, 0.717) is 12.8 Å². The van der Waals surface area contributed by atoms with Crippen molar-refractivity contribution in [1.29, 1.82) is 0 Å². The monoisotopic (exact) mass is 389 g/mol. The lowest BCUT2D eigenvalue weighted by Crippen LogP contribution is -2.49. The van der Waals surface area contributed by atoms with Crippen molar-refractivity contribution < 1.29 is 14.2 Å². The van der Waals surface area contributed by atoms with Gasteiger partial charge in [0, 0.05) is 38.3 Å². The topological polar surface area (TPSA) is 64.1 Å². The largest absolute Gasteiger partial charge is 0.454 e. The summed E-state index contributed by atoms with van der Waals surface area (Å²) >= 11 is 0. The van der Waals surface area contributed by atoms with Crippen LogP contribution in [0.15, 0.2) is 23.2 Å². The van der Waals surface area contributed by atoms with Crippen LogP contribution in [0.25, 0.3) is 0 Å². The van der Waals surface area contributed by atoms with Crippen LogP contribution in [0.2, 0.25) is 0 Å². The van der Waals surface area contributed by atoms with Crippen LogP contribution < -0.4 is 20.1 Å². The Labute approximate surface area is 169 Å². The summed E-state index contributed by atoms with van der Waals surface area (Å²) in [6.45, 7) is 9.40. The van der Waals surface area contributed by atoms with Crippen molar-refractivity contribution in [3.05, 3.63) is 23.8 Å². The molecule has 156 valence electrons. The van der Waals surface area contributed by atoms with E-state index >= 15 is 0 Å². The molecule has 1 unspecified atom stereocenters. The molecule has 6 nitrogen and oxygen atoms in total. The van der Waals surface area contributed by atoms with Crippen LogP contribution in [0.1, 0.15) is 52.0 Å². The Balaban J connectivity index is 1.67. The van der Waals surface area contributed by atoms with Crippen molar-refractivity contribution in [3.63, 3.8) is 0 Å². The molecule has 0 saturated carbocycles. The molecule has 0 spiro atoms. The highest BCUT2D eigenvalue weighted by Gasteiger charge is 2.36. The Morgan fingerprint density at radius 2 is 1.86 bits per heavy atom. The number of aliphatic imine (C=N–C) groups is 1. The van der Waals surface area contributed by atoms with Gasteiger partial charge < -0.3 is 24.8 Å². The quantitative estimate of drug-likeness (QED) is 0.552. The summed E-state index contributed by atoms with van der Waals surface area (Å²) in [5, 5.41) is 7.11. The highest BCUT2D eigenvalue weighted by molar-refractivity contribution is 5.80. The maximum Gasteiger partial charge on any atom is 0.231 e. The molecule has 0 amide bonds. The minimum atomic E-state index is -0.00196. The maximum absolute atomic E-state index is 5.66. The number of hydrogen-bond donors (Lipinski definition) is 2. The van der Waals surface area contributed by atoms with Crippen molar-refractivity contribution in [2.75, 3.05) is 33.6 Å². The molecule has 0 radical (unpaired) electrons. The van der Waals surface area contributed by atoms with E-state index in [0.717, 1.165) is 62.4 Å². The molecule has 6 heteroatoms. The van der Waals surface area contributed by atoms with E-state index in [1.807, 2.05) is 13.1 Å². The summed E-state index contributed by atoms with van der Waals surface area (Å²) < 4.78 is 16.8. The third-order valence-corrected chi connectivity index (χ3v) is 5.81. The number of ether oxygens (including phenoxy) is 3. The minimum Gasteiger partial charge on any atom is -0.454 e. The van der Waals surface area contributed by atoms with Gasteiger partial charge in [0.2, 0.25) is 6.79 Å². The van der Waals surface area contributed by atoms with Crippen molar-refractivity contribution >= 4 is 5.96 Å². The summed E-state index contributed by atoms with van der Waals surface area (Å²) in [5.41, 5.74) is 1.27. The normalized spacial score (nSPS) is 19.5. The Kier molecular flexibility index (Phi) is 7.05. The number of nitrogens with one attached hydrogen (secondary N) is 2. The smallest absolute Gasteiger partial charge is 0.231 e. The van der Waals surface area contributed by atoms with Crippen LogP contribution in [0.5, 0.6) is 11.5 Å². The number of fused-ring (bicyclic) bond motifs is 1. The summed E-state index contributed by atoms with van der Waals surface area (Å²) in [4.78, 5) is 4.44. The van der Waals surface area contributed by atoms with Crippen LogP contribution in [0.4, 0.5) is 0 Å². The van der Waals surface area contributed by atoms with Gasteiger partial charge >= 0.3 is 0 Å². The van der Waals surface area contributed by atoms with E-state index in [1.165, 1.54) is 12.0 Å². The summed E-state index contributed by atoms with van der Waals surface area (Å²) in [6, 6.07) is 6.72. The van der Waals surface area contributed by atoms with Gasteiger partial charge in [0.15, 0.2) is 17.5 Å². The maximum atomic E-state index is 5.66. The van der Waals surface area contributed by atoms with Gasteiger partial charge in [0.25, 0.3) is 0 Å². The molecule has 28 heavy (non-hydrogen) atoms. The van der Waals surface area contributed by atoms with E-state index in [-0.39, 0.29) is 5.41 Å². The second-order valence-electron chi connectivity index (χ2n) is 8.40. The number of rotatable bonds is 7. The first-order chi connectivity index (χ1) is 13.5. The predicted octanol–water partition coefficient (Wildman–Crippen LogP) is 3.45. The van der Waals surface area contributed by atoms with Crippen LogP contribution in [-0.2, 0) is 10.2 Å². The van der Waals surface area contributed by atoms with Gasteiger partial charge in [-0.05, 0) is 56.2 Å².